The number of aliphatic hydroxyl groups excluding tert-OH is 4. The molecule has 2 aliphatic rings. The first kappa shape index (κ1) is 30.0. The van der Waals surface area contributed by atoms with E-state index in [0.29, 0.717) is 49.1 Å². The van der Waals surface area contributed by atoms with Gasteiger partial charge in [-0.1, -0.05) is 0 Å². The summed E-state index contributed by atoms with van der Waals surface area (Å²) in [5, 5.41) is 38.6. The summed E-state index contributed by atoms with van der Waals surface area (Å²) in [5.41, 5.74) is 1.31. The van der Waals surface area contributed by atoms with Gasteiger partial charge in [0.05, 0.1) is 26.4 Å². The van der Waals surface area contributed by atoms with E-state index in [1.54, 1.807) is 9.80 Å². The van der Waals surface area contributed by atoms with Crippen molar-refractivity contribution in [2.75, 3.05) is 98.4 Å². The molecular weight excluding hydrogens is 487 g/mol. The van der Waals surface area contributed by atoms with Crippen molar-refractivity contribution in [3.8, 4) is 0 Å². The number of aliphatic hydroxyl groups is 4. The summed E-state index contributed by atoms with van der Waals surface area (Å²) < 4.78 is 0. The van der Waals surface area contributed by atoms with Crippen LogP contribution in [-0.2, 0) is 0 Å². The van der Waals surface area contributed by atoms with Crippen LogP contribution in [-0.4, -0.2) is 119 Å². The molecule has 4 heterocycles. The molecule has 0 bridgehead atoms. The van der Waals surface area contributed by atoms with Crippen LogP contribution in [0.3, 0.4) is 0 Å². The Kier molecular flexibility index (Phi) is 12.3. The normalized spacial score (nSPS) is 16.1. The van der Waals surface area contributed by atoms with Crippen molar-refractivity contribution < 1.29 is 51.4 Å². The summed E-state index contributed by atoms with van der Waals surface area (Å²) in [5.74, 6) is 2.35. The van der Waals surface area contributed by atoms with Crippen molar-refractivity contribution in [3.63, 3.8) is 0 Å². The molecule has 0 saturated carbocycles. The molecule has 13 heteroatoms. The molecule has 2 fully saturated rings. The van der Waals surface area contributed by atoms with Crippen LogP contribution in [0.25, 0.3) is 11.0 Å². The van der Waals surface area contributed by atoms with Gasteiger partial charge in [0.1, 0.15) is 11.0 Å². The van der Waals surface area contributed by atoms with Gasteiger partial charge in [0.25, 0.3) is 0 Å². The predicted molar refractivity (Wildman–Crippen MR) is 141 cm³/mol. The van der Waals surface area contributed by atoms with Gasteiger partial charge in [0.15, 0.2) is 11.6 Å². The SMILES string of the molecule is OCCN(CCO)c1nc(N2CCCCC2)c2nc(N(CCO)CCO)nc(N3CCCCC3)c2n1.[H-].[Na+]. The molecule has 37 heavy (non-hydrogen) atoms. The van der Waals surface area contributed by atoms with E-state index in [9.17, 15) is 20.4 Å². The van der Waals surface area contributed by atoms with Crippen LogP contribution in [0.2, 0.25) is 0 Å². The minimum Gasteiger partial charge on any atom is -1.00 e. The first-order valence-corrected chi connectivity index (χ1v) is 13.2. The first-order chi connectivity index (χ1) is 17.7. The monoisotopic (exact) mass is 528 g/mol. The van der Waals surface area contributed by atoms with Crippen molar-refractivity contribution in [1.29, 1.82) is 0 Å². The molecule has 0 aliphatic carbocycles. The summed E-state index contributed by atoms with van der Waals surface area (Å²) in [4.78, 5) is 27.8. The van der Waals surface area contributed by atoms with Crippen LogP contribution in [0.4, 0.5) is 23.5 Å². The molecule has 2 aliphatic heterocycles. The Morgan fingerprint density at radius 3 is 1.16 bits per heavy atom. The second-order valence-electron chi connectivity index (χ2n) is 9.36. The van der Waals surface area contributed by atoms with E-state index in [-0.39, 0.29) is 57.4 Å². The first-order valence-electron chi connectivity index (χ1n) is 13.2. The van der Waals surface area contributed by atoms with Crippen molar-refractivity contribution in [2.45, 2.75) is 38.5 Å². The maximum Gasteiger partial charge on any atom is 1.00 e. The third kappa shape index (κ3) is 7.31. The fraction of sp³-hybridized carbons (Fsp3) is 0.750. The van der Waals surface area contributed by atoms with Crippen molar-refractivity contribution in [2.24, 2.45) is 0 Å². The number of hydrogen-bond donors (Lipinski definition) is 4. The number of fused-ring (bicyclic) bond motifs is 1. The molecule has 2 aromatic rings. The van der Waals surface area contributed by atoms with Gasteiger partial charge in [0.2, 0.25) is 11.9 Å². The molecule has 0 amide bonds. The van der Waals surface area contributed by atoms with E-state index in [1.165, 1.54) is 12.8 Å². The quantitative estimate of drug-likeness (QED) is 0.210. The average molecular weight is 529 g/mol. The number of rotatable bonds is 12. The molecule has 0 unspecified atom stereocenters. The fourth-order valence-electron chi connectivity index (χ4n) is 5.00. The van der Waals surface area contributed by atoms with Crippen LogP contribution < -0.4 is 49.2 Å². The Balaban J connectivity index is 0.00000253. The molecule has 202 valence electrons. The Morgan fingerprint density at radius 1 is 0.541 bits per heavy atom. The summed E-state index contributed by atoms with van der Waals surface area (Å²) in [6.45, 7) is 4.38. The van der Waals surface area contributed by atoms with Gasteiger partial charge in [0, 0.05) is 52.4 Å². The van der Waals surface area contributed by atoms with E-state index in [0.717, 1.165) is 63.5 Å². The predicted octanol–water partition coefficient (Wildman–Crippen LogP) is -2.90. The Morgan fingerprint density at radius 2 is 0.865 bits per heavy atom. The second-order valence-corrected chi connectivity index (χ2v) is 9.36. The van der Waals surface area contributed by atoms with E-state index in [1.807, 2.05) is 0 Å². The van der Waals surface area contributed by atoms with Crippen LogP contribution >= 0.6 is 0 Å². The standard InChI is InChI=1S/C24H40N8O4.Na.H/c33-15-11-31(12-16-34)23-26-20-19(21(27-23)29-7-3-1-4-8-29)25-24(32(13-17-35)14-18-36)28-22(20)30-9-5-2-6-10-30;;/h33-36H,1-18H2;;/q;+1;-1. The van der Waals surface area contributed by atoms with Crippen LogP contribution in [0.1, 0.15) is 40.0 Å². The van der Waals surface area contributed by atoms with Gasteiger partial charge >= 0.3 is 29.6 Å². The minimum absolute atomic E-state index is 0. The summed E-state index contributed by atoms with van der Waals surface area (Å²) in [6, 6.07) is 0. The zero-order valence-corrected chi connectivity index (χ0v) is 24.1. The largest absolute Gasteiger partial charge is 1.00 e. The molecule has 0 atom stereocenters. The zero-order valence-electron chi connectivity index (χ0n) is 23.1. The number of anilines is 4. The second kappa shape index (κ2) is 15.2. The topological polar surface area (TPSA) is 145 Å². The van der Waals surface area contributed by atoms with Gasteiger partial charge in [-0.05, 0) is 38.5 Å². The molecule has 4 N–H and O–H groups in total. The third-order valence-electron chi connectivity index (χ3n) is 6.84. The molecule has 12 nitrogen and oxygen atoms in total. The van der Waals surface area contributed by atoms with Gasteiger partial charge in [-0.3, -0.25) is 0 Å². The maximum absolute atomic E-state index is 9.64. The molecule has 0 radical (unpaired) electrons. The molecule has 2 aromatic heterocycles. The van der Waals surface area contributed by atoms with E-state index in [4.69, 9.17) is 19.9 Å². The summed E-state index contributed by atoms with van der Waals surface area (Å²) in [6.07, 6.45) is 6.61. The van der Waals surface area contributed by atoms with Crippen LogP contribution in [0.5, 0.6) is 0 Å². The zero-order chi connectivity index (χ0) is 25.3. The Labute approximate surface area is 242 Å². The maximum atomic E-state index is 9.64. The Hall–Kier alpha value is -1.54. The molecule has 0 aromatic carbocycles. The molecule has 4 rings (SSSR count). The smallest absolute Gasteiger partial charge is 1.00 e. The minimum atomic E-state index is -0.0772. The summed E-state index contributed by atoms with van der Waals surface area (Å²) in [7, 11) is 0. The summed E-state index contributed by atoms with van der Waals surface area (Å²) >= 11 is 0. The van der Waals surface area contributed by atoms with E-state index >= 15 is 0 Å². The fourth-order valence-corrected chi connectivity index (χ4v) is 5.00. The molecule has 0 spiro atoms. The third-order valence-corrected chi connectivity index (χ3v) is 6.84. The van der Waals surface area contributed by atoms with Gasteiger partial charge in [-0.25, -0.2) is 9.97 Å². The van der Waals surface area contributed by atoms with E-state index < -0.39 is 0 Å². The van der Waals surface area contributed by atoms with Gasteiger partial charge in [-0.15, -0.1) is 0 Å². The number of piperidine rings is 2. The van der Waals surface area contributed by atoms with Gasteiger partial charge in [-0.2, -0.15) is 9.97 Å². The number of aromatic nitrogens is 4. The van der Waals surface area contributed by atoms with Crippen LogP contribution in [0.15, 0.2) is 0 Å². The molecular formula is C24H41N8NaO4. The molecule has 2 saturated heterocycles. The van der Waals surface area contributed by atoms with Gasteiger partial charge < -0.3 is 41.5 Å². The number of hydrogen-bond acceptors (Lipinski definition) is 12. The van der Waals surface area contributed by atoms with E-state index in [2.05, 4.69) is 9.80 Å². The van der Waals surface area contributed by atoms with Crippen molar-refractivity contribution in [3.05, 3.63) is 0 Å². The van der Waals surface area contributed by atoms with Crippen molar-refractivity contribution in [1.82, 2.24) is 19.9 Å². The van der Waals surface area contributed by atoms with Crippen molar-refractivity contribution >= 4 is 34.6 Å². The number of nitrogens with zero attached hydrogens (tertiary/aromatic N) is 8. The van der Waals surface area contributed by atoms with Crippen LogP contribution in [0, 0.1) is 0 Å². The Bertz CT molecular complexity index is 893. The average Bonchev–Trinajstić information content (AvgIpc) is 2.92.